The first kappa shape index (κ1) is 18.3. The van der Waals surface area contributed by atoms with Crippen LogP contribution in [-0.4, -0.2) is 44.4 Å². The van der Waals surface area contributed by atoms with Gasteiger partial charge in [-0.05, 0) is 47.7 Å². The van der Waals surface area contributed by atoms with Crippen molar-refractivity contribution in [2.75, 3.05) is 19.7 Å². The first-order valence-electron chi connectivity index (χ1n) is 7.96. The molecule has 9 heteroatoms. The first-order chi connectivity index (χ1) is 12.2. The number of nitrogens with one attached hydrogen (secondary N) is 2. The van der Waals surface area contributed by atoms with Gasteiger partial charge in [0.2, 0.25) is 5.88 Å². The normalized spacial score (nSPS) is 11.6. The molecule has 3 aromatic rings. The van der Waals surface area contributed by atoms with Crippen molar-refractivity contribution >= 4 is 45.4 Å². The maximum atomic E-state index is 5.81. The van der Waals surface area contributed by atoms with E-state index in [1.165, 1.54) is 0 Å². The monoisotopic (exact) mass is 470 g/mol. The van der Waals surface area contributed by atoms with Crippen LogP contribution in [0, 0.1) is 6.92 Å². The zero-order chi connectivity index (χ0) is 17.8. The molecule has 132 valence electrons. The number of aromatic amines is 1. The number of aryl methyl sites for hydroxylation is 1. The minimum Gasteiger partial charge on any atom is -0.476 e. The molecule has 1 atom stereocenters. The Balaban J connectivity index is 2.00. The van der Waals surface area contributed by atoms with E-state index in [0.717, 1.165) is 46.6 Å². The van der Waals surface area contributed by atoms with Gasteiger partial charge in [0.1, 0.15) is 6.61 Å². The van der Waals surface area contributed by atoms with Crippen molar-refractivity contribution in [3.8, 4) is 17.1 Å². The number of ether oxygens (including phenoxy) is 1. The number of hydrogen-bond acceptors (Lipinski definition) is 5. The Bertz CT molecular complexity index is 890. The fourth-order valence-corrected chi connectivity index (χ4v) is 4.22. The second-order valence-electron chi connectivity index (χ2n) is 5.39. The zero-order valence-corrected chi connectivity index (χ0v) is 17.3. The number of pyridine rings is 1. The summed E-state index contributed by atoms with van der Waals surface area (Å²) in [6.07, 6.45) is 4.03. The van der Waals surface area contributed by atoms with E-state index in [9.17, 15) is 0 Å². The molecule has 0 amide bonds. The van der Waals surface area contributed by atoms with Gasteiger partial charge >= 0.3 is 0 Å². The van der Waals surface area contributed by atoms with Crippen LogP contribution in [0.4, 0.5) is 0 Å². The lowest BCUT2D eigenvalue weighted by atomic mass is 10.1. The Hall–Kier alpha value is -1.51. The fraction of sp³-hybridized carbons (Fsp3) is 0.312. The molecule has 0 aromatic carbocycles. The highest BCUT2D eigenvalue weighted by atomic mass is 127. The summed E-state index contributed by atoms with van der Waals surface area (Å²) in [7, 11) is 0. The Labute approximate surface area is 161 Å². The summed E-state index contributed by atoms with van der Waals surface area (Å²) in [5, 5.41) is 15.9. The molecule has 0 aliphatic heterocycles. The van der Waals surface area contributed by atoms with Crippen molar-refractivity contribution in [1.29, 1.82) is 0 Å². The van der Waals surface area contributed by atoms with E-state index in [4.69, 9.17) is 9.72 Å². The van der Waals surface area contributed by atoms with Crippen LogP contribution in [0.1, 0.15) is 18.3 Å². The molecule has 25 heavy (non-hydrogen) atoms. The van der Waals surface area contributed by atoms with Gasteiger partial charge in [-0.2, -0.15) is 10.2 Å². The van der Waals surface area contributed by atoms with Gasteiger partial charge in [-0.3, -0.25) is 4.98 Å². The summed E-state index contributed by atoms with van der Waals surface area (Å²) >= 11 is 2.32. The lowest BCUT2D eigenvalue weighted by Gasteiger charge is -2.08. The maximum Gasteiger partial charge on any atom is 0.218 e. The van der Waals surface area contributed by atoms with Gasteiger partial charge in [0.25, 0.3) is 0 Å². The van der Waals surface area contributed by atoms with Crippen molar-refractivity contribution in [1.82, 2.24) is 30.0 Å². The van der Waals surface area contributed by atoms with E-state index in [1.807, 2.05) is 17.4 Å². The van der Waals surface area contributed by atoms with Gasteiger partial charge in [-0.1, -0.05) is 13.5 Å². The molecular weight excluding hydrogens is 450 g/mol. The molecule has 2 N–H and O–H groups in total. The Morgan fingerprint density at radius 3 is 3.08 bits per heavy atom. The smallest absolute Gasteiger partial charge is 0.218 e. The number of halogens is 1. The SMILES string of the molecule is C=Cc1nn(PI)c2c(C)nc(-c3cn[nH]c3OCCNCC)cc12. The highest BCUT2D eigenvalue weighted by Crippen LogP contribution is 2.35. The lowest BCUT2D eigenvalue weighted by molar-refractivity contribution is 0.304. The third-order valence-corrected chi connectivity index (χ3v) is 5.65. The minimum atomic E-state index is 0.508. The highest BCUT2D eigenvalue weighted by molar-refractivity contribution is 14.2. The third kappa shape index (κ3) is 3.70. The average Bonchev–Trinajstić information content (AvgIpc) is 3.22. The standard InChI is InChI=1S/C16H20IN6OP/c1-4-13-11-8-14(20-10(3)15(11)23(22-13)25-17)12-9-19-21-16(12)24-7-6-18-5-2/h4,8-9,18,25H,1,5-7H2,2-3H3,(H,19,21). The van der Waals surface area contributed by atoms with Crippen LogP contribution >= 0.6 is 28.4 Å². The molecule has 3 aromatic heterocycles. The lowest BCUT2D eigenvalue weighted by Crippen LogP contribution is -2.20. The van der Waals surface area contributed by atoms with E-state index < -0.39 is 0 Å². The molecule has 1 unspecified atom stereocenters. The van der Waals surface area contributed by atoms with Crippen molar-refractivity contribution in [3.05, 3.63) is 30.2 Å². The van der Waals surface area contributed by atoms with Crippen molar-refractivity contribution < 1.29 is 4.74 Å². The van der Waals surface area contributed by atoms with E-state index in [0.29, 0.717) is 18.9 Å². The predicted octanol–water partition coefficient (Wildman–Crippen LogP) is 3.55. The second-order valence-corrected chi connectivity index (χ2v) is 7.43. The summed E-state index contributed by atoms with van der Waals surface area (Å²) in [6, 6.07) is 2.03. The first-order valence-corrected chi connectivity index (χ1v) is 12.0. The summed E-state index contributed by atoms with van der Waals surface area (Å²) in [6.45, 7) is 10.2. The number of aromatic nitrogens is 5. The van der Waals surface area contributed by atoms with Gasteiger partial charge < -0.3 is 10.1 Å². The van der Waals surface area contributed by atoms with Crippen molar-refractivity contribution in [3.63, 3.8) is 0 Å². The zero-order valence-electron chi connectivity index (χ0n) is 14.1. The second kappa shape index (κ2) is 8.25. The summed E-state index contributed by atoms with van der Waals surface area (Å²) in [5.41, 5.74) is 4.50. The molecule has 0 saturated carbocycles. The third-order valence-electron chi connectivity index (χ3n) is 3.79. The molecule has 0 aliphatic rings. The molecule has 0 aliphatic carbocycles. The van der Waals surface area contributed by atoms with E-state index in [2.05, 4.69) is 56.2 Å². The van der Waals surface area contributed by atoms with Gasteiger partial charge in [0.05, 0.1) is 40.7 Å². The molecule has 7 nitrogen and oxygen atoms in total. The summed E-state index contributed by atoms with van der Waals surface area (Å²) in [5.74, 6) is 0.632. The summed E-state index contributed by atoms with van der Waals surface area (Å²) < 4.78 is 7.78. The fourth-order valence-electron chi connectivity index (χ4n) is 2.66. The quantitative estimate of drug-likeness (QED) is 0.299. The molecule has 3 heterocycles. The average molecular weight is 470 g/mol. The minimum absolute atomic E-state index is 0.508. The van der Waals surface area contributed by atoms with Crippen LogP contribution in [0.2, 0.25) is 0 Å². The van der Waals surface area contributed by atoms with Gasteiger partial charge in [-0.25, -0.2) is 9.55 Å². The number of likely N-dealkylation sites (N-methyl/N-ethyl adjacent to an activating group) is 1. The van der Waals surface area contributed by atoms with E-state index in [1.54, 1.807) is 12.3 Å². The van der Waals surface area contributed by atoms with Crippen LogP contribution in [0.3, 0.4) is 0 Å². The Morgan fingerprint density at radius 1 is 1.52 bits per heavy atom. The van der Waals surface area contributed by atoms with Crippen LogP contribution in [0.5, 0.6) is 5.88 Å². The molecule has 0 radical (unpaired) electrons. The molecule has 3 rings (SSSR count). The number of rotatable bonds is 8. The molecule has 0 spiro atoms. The Morgan fingerprint density at radius 2 is 2.36 bits per heavy atom. The van der Waals surface area contributed by atoms with Gasteiger partial charge in [-0.15, -0.1) is 0 Å². The van der Waals surface area contributed by atoms with Gasteiger partial charge in [0, 0.05) is 11.9 Å². The van der Waals surface area contributed by atoms with Crippen molar-refractivity contribution in [2.24, 2.45) is 0 Å². The number of nitrogens with zero attached hydrogens (tertiary/aromatic N) is 4. The topological polar surface area (TPSA) is 80.7 Å². The van der Waals surface area contributed by atoms with Crippen LogP contribution < -0.4 is 10.1 Å². The largest absolute Gasteiger partial charge is 0.476 e. The highest BCUT2D eigenvalue weighted by Gasteiger charge is 2.17. The Kier molecular flexibility index (Phi) is 6.03. The predicted molar refractivity (Wildman–Crippen MR) is 112 cm³/mol. The van der Waals surface area contributed by atoms with Crippen molar-refractivity contribution in [2.45, 2.75) is 13.8 Å². The van der Waals surface area contributed by atoms with E-state index >= 15 is 0 Å². The number of H-pyrrole nitrogens is 1. The maximum absolute atomic E-state index is 5.81. The van der Waals surface area contributed by atoms with E-state index in [-0.39, 0.29) is 0 Å². The van der Waals surface area contributed by atoms with Crippen LogP contribution in [0.15, 0.2) is 18.8 Å². The van der Waals surface area contributed by atoms with Crippen LogP contribution in [-0.2, 0) is 0 Å². The molecular formula is C16H20IN6OP. The van der Waals surface area contributed by atoms with Crippen LogP contribution in [0.25, 0.3) is 28.2 Å². The number of hydrogen-bond donors (Lipinski definition) is 2. The number of fused-ring (bicyclic) bond motifs is 1. The molecule has 0 fully saturated rings. The molecule has 0 saturated heterocycles. The van der Waals surface area contributed by atoms with Gasteiger partial charge in [0.15, 0.2) is 0 Å². The summed E-state index contributed by atoms with van der Waals surface area (Å²) in [4.78, 5) is 4.76. The molecule has 0 bridgehead atoms.